The Morgan fingerprint density at radius 2 is 1.03 bits per heavy atom. The molecule has 0 atom stereocenters. The minimum absolute atomic E-state index is 0.112. The van der Waals surface area contributed by atoms with Gasteiger partial charge in [-0.1, -0.05) is 0 Å². The summed E-state index contributed by atoms with van der Waals surface area (Å²) in [5, 5.41) is 0. The summed E-state index contributed by atoms with van der Waals surface area (Å²) >= 11 is 0.458. The van der Waals surface area contributed by atoms with E-state index in [0.717, 1.165) is 59.7 Å². The van der Waals surface area contributed by atoms with Crippen LogP contribution >= 0.6 is 0 Å². The number of rotatable bonds is 18. The molecule has 7 heteroatoms. The number of unbranched alkanes of at least 4 members (excludes halogenated alkanes) is 10. The van der Waals surface area contributed by atoms with E-state index in [4.69, 9.17) is 17.4 Å². The normalized spacial score (nSPS) is 11.4. The monoisotopic (exact) mass is 700 g/mol. The van der Waals surface area contributed by atoms with Crippen LogP contribution in [0.3, 0.4) is 0 Å². The third-order valence-electron chi connectivity index (χ3n) is 6.65. The number of aromatic nitrogens is 2. The van der Waals surface area contributed by atoms with E-state index in [0.29, 0.717) is 0 Å². The van der Waals surface area contributed by atoms with Gasteiger partial charge >= 0.3 is 242 Å². The molecule has 0 amide bonds. The second-order valence-electron chi connectivity index (χ2n) is 9.56. The van der Waals surface area contributed by atoms with Gasteiger partial charge in [0.2, 0.25) is 0 Å². The van der Waals surface area contributed by atoms with E-state index in [1.807, 2.05) is 0 Å². The fourth-order valence-electron chi connectivity index (χ4n) is 4.65. The van der Waals surface area contributed by atoms with Gasteiger partial charge in [-0.2, -0.15) is 0 Å². The third-order valence-corrected chi connectivity index (χ3v) is 11.5. The molecule has 0 aliphatic carbocycles. The van der Waals surface area contributed by atoms with Crippen LogP contribution in [0.2, 0.25) is 0 Å². The SMILES string of the molecule is CCCCCCCCOc1c(OCCCCCCCC)c(-c2ccc[se]2)c2n[se]nc2c1-c1ccc[se]1. The molecule has 4 aromatic rings. The first-order chi connectivity index (χ1) is 18.3. The molecule has 3 aromatic heterocycles. The van der Waals surface area contributed by atoms with Crippen LogP contribution in [0.15, 0.2) is 34.1 Å². The molecule has 0 spiro atoms. The number of hydrogen-bond acceptors (Lipinski definition) is 4. The van der Waals surface area contributed by atoms with Gasteiger partial charge in [-0.15, -0.1) is 0 Å². The van der Waals surface area contributed by atoms with Crippen LogP contribution < -0.4 is 9.47 Å². The molecule has 0 aliphatic rings. The Bertz CT molecular complexity index is 1080. The van der Waals surface area contributed by atoms with Gasteiger partial charge in [-0.05, 0) is 0 Å². The molecule has 3 heterocycles. The second kappa shape index (κ2) is 16.1. The van der Waals surface area contributed by atoms with Crippen LogP contribution in [0.1, 0.15) is 90.9 Å². The van der Waals surface area contributed by atoms with Crippen LogP contribution in [0, 0.1) is 0 Å². The van der Waals surface area contributed by atoms with Crippen LogP contribution in [0.25, 0.3) is 31.0 Å². The van der Waals surface area contributed by atoms with Crippen molar-refractivity contribution in [2.75, 3.05) is 13.2 Å². The number of benzene rings is 1. The molecule has 0 radical (unpaired) electrons. The molecule has 37 heavy (non-hydrogen) atoms. The number of hydrogen-bond donors (Lipinski definition) is 0. The number of fused-ring (bicyclic) bond motifs is 1. The summed E-state index contributed by atoms with van der Waals surface area (Å²) < 4.78 is 26.0. The van der Waals surface area contributed by atoms with Crippen molar-refractivity contribution in [3.8, 4) is 31.5 Å². The third kappa shape index (κ3) is 7.98. The second-order valence-corrected chi connectivity index (χ2v) is 14.6. The Balaban J connectivity index is 1.65. The Kier molecular flexibility index (Phi) is 12.6. The van der Waals surface area contributed by atoms with Crippen molar-refractivity contribution in [1.82, 2.24) is 7.96 Å². The zero-order valence-electron chi connectivity index (χ0n) is 22.3. The zero-order valence-corrected chi connectivity index (χ0v) is 27.4. The molecule has 0 saturated heterocycles. The predicted octanol–water partition coefficient (Wildman–Crippen LogP) is 7.61. The Labute approximate surface area is 240 Å². The molecule has 0 fully saturated rings. The van der Waals surface area contributed by atoms with Crippen molar-refractivity contribution in [3.63, 3.8) is 0 Å². The van der Waals surface area contributed by atoms with Crippen molar-refractivity contribution in [2.45, 2.75) is 90.9 Å². The predicted molar refractivity (Wildman–Crippen MR) is 159 cm³/mol. The first kappa shape index (κ1) is 28.9. The first-order valence-corrected chi connectivity index (χ1v) is 19.2. The van der Waals surface area contributed by atoms with Crippen LogP contribution in [-0.4, -0.2) is 65.1 Å². The van der Waals surface area contributed by atoms with Gasteiger partial charge < -0.3 is 0 Å². The van der Waals surface area contributed by atoms with Gasteiger partial charge in [0.1, 0.15) is 0 Å². The van der Waals surface area contributed by atoms with E-state index in [2.05, 4.69) is 48.0 Å². The van der Waals surface area contributed by atoms with Crippen molar-refractivity contribution in [1.29, 1.82) is 0 Å². The molecule has 0 N–H and O–H groups in total. The van der Waals surface area contributed by atoms with E-state index < -0.39 is 0 Å². The zero-order chi connectivity index (χ0) is 25.7. The van der Waals surface area contributed by atoms with Crippen molar-refractivity contribution >= 4 is 55.0 Å². The molecule has 0 aliphatic heterocycles. The Hall–Kier alpha value is -1.06. The average molecular weight is 698 g/mol. The van der Waals surface area contributed by atoms with Crippen molar-refractivity contribution in [2.24, 2.45) is 0 Å². The molecular weight excluding hydrogens is 657 g/mol. The average Bonchev–Trinajstić information content (AvgIpc) is 3.70. The Morgan fingerprint density at radius 1 is 0.595 bits per heavy atom. The van der Waals surface area contributed by atoms with Gasteiger partial charge in [0, 0.05) is 0 Å². The van der Waals surface area contributed by atoms with E-state index in [1.165, 1.54) is 73.1 Å². The molecule has 0 unspecified atom stereocenters. The molecule has 4 rings (SSSR count). The maximum absolute atomic E-state index is 6.70. The Morgan fingerprint density at radius 3 is 1.43 bits per heavy atom. The summed E-state index contributed by atoms with van der Waals surface area (Å²) in [7, 11) is 0. The maximum atomic E-state index is 6.70. The molecule has 200 valence electrons. The topological polar surface area (TPSA) is 44.2 Å². The molecule has 0 saturated carbocycles. The standard InChI is InChI=1S/C30H40N2O2Se3/c1-3-5-7-9-11-13-19-33-29-25(23-17-15-21-35-23)27-28(32-37-31-27)26(24-18-16-22-36-24)30(29)34-20-14-12-10-8-6-4-2/h15-18,21-22H,3-14,19-20H2,1-2H3. The molecule has 4 nitrogen and oxygen atoms in total. The fraction of sp³-hybridized carbons (Fsp3) is 0.533. The molecule has 0 bridgehead atoms. The summed E-state index contributed by atoms with van der Waals surface area (Å²) in [5.74, 6) is 1.84. The van der Waals surface area contributed by atoms with Crippen molar-refractivity contribution in [3.05, 3.63) is 34.1 Å². The van der Waals surface area contributed by atoms with Crippen LogP contribution in [-0.2, 0) is 0 Å². The molecule has 1 aromatic carbocycles. The van der Waals surface area contributed by atoms with E-state index in [1.54, 1.807) is 0 Å². The van der Waals surface area contributed by atoms with Crippen molar-refractivity contribution < 1.29 is 9.47 Å². The van der Waals surface area contributed by atoms with Crippen LogP contribution in [0.5, 0.6) is 11.5 Å². The van der Waals surface area contributed by atoms with Gasteiger partial charge in [0.05, 0.1) is 0 Å². The quantitative estimate of drug-likeness (QED) is 0.0794. The van der Waals surface area contributed by atoms with Gasteiger partial charge in [-0.25, -0.2) is 0 Å². The molecular formula is C30H40N2O2Se3. The summed E-state index contributed by atoms with van der Waals surface area (Å²) in [6, 6.07) is 8.83. The van der Waals surface area contributed by atoms with E-state index in [-0.39, 0.29) is 44.0 Å². The fourth-order valence-corrected chi connectivity index (χ4v) is 9.04. The number of nitrogens with zero attached hydrogens (tertiary/aromatic N) is 2. The summed E-state index contributed by atoms with van der Waals surface area (Å²) in [5.41, 5.74) is 4.38. The van der Waals surface area contributed by atoms with E-state index in [9.17, 15) is 0 Å². The summed E-state index contributed by atoms with van der Waals surface area (Å²) in [6.45, 7) is 5.99. The first-order valence-electron chi connectivity index (χ1n) is 14.0. The summed E-state index contributed by atoms with van der Waals surface area (Å²) in [4.78, 5) is 4.56. The van der Waals surface area contributed by atoms with Crippen LogP contribution in [0.4, 0.5) is 0 Å². The van der Waals surface area contributed by atoms with Gasteiger partial charge in [0.15, 0.2) is 0 Å². The number of ether oxygens (including phenoxy) is 2. The summed E-state index contributed by atoms with van der Waals surface area (Å²) in [6.07, 6.45) is 15.0. The van der Waals surface area contributed by atoms with Gasteiger partial charge in [-0.3, -0.25) is 0 Å². The van der Waals surface area contributed by atoms with E-state index >= 15 is 0 Å². The minimum atomic E-state index is -0.112. The van der Waals surface area contributed by atoms with Gasteiger partial charge in [0.25, 0.3) is 0 Å².